The summed E-state index contributed by atoms with van der Waals surface area (Å²) >= 11 is 0. The minimum absolute atomic E-state index is 0.154. The number of ether oxygens (including phenoxy) is 3. The fraction of sp³-hybridized carbons (Fsp3) is 0.600. The van der Waals surface area contributed by atoms with Crippen molar-refractivity contribution in [1.82, 2.24) is 20.4 Å². The van der Waals surface area contributed by atoms with E-state index in [4.69, 9.17) is 14.2 Å². The fourth-order valence-electron chi connectivity index (χ4n) is 4.62. The highest BCUT2D eigenvalue weighted by Gasteiger charge is 2.39. The van der Waals surface area contributed by atoms with Crippen LogP contribution in [0.2, 0.25) is 0 Å². The predicted molar refractivity (Wildman–Crippen MR) is 133 cm³/mol. The Bertz CT molecular complexity index is 982. The molecule has 4 rings (SSSR count). The fourth-order valence-corrected chi connectivity index (χ4v) is 4.62. The first kappa shape index (κ1) is 27.1. The third kappa shape index (κ3) is 7.55. The number of hydrogen-bond acceptors (Lipinski definition) is 9. The number of carbonyl (C=O) groups is 4. The van der Waals surface area contributed by atoms with Gasteiger partial charge in [-0.3, -0.25) is 29.4 Å². The van der Waals surface area contributed by atoms with Crippen LogP contribution in [0.15, 0.2) is 18.2 Å². The van der Waals surface area contributed by atoms with E-state index in [0.29, 0.717) is 43.2 Å². The summed E-state index contributed by atoms with van der Waals surface area (Å²) in [4.78, 5) is 52.8. The van der Waals surface area contributed by atoms with Crippen molar-refractivity contribution in [3.05, 3.63) is 29.3 Å². The largest absolute Gasteiger partial charge is 0.378 e. The van der Waals surface area contributed by atoms with Crippen molar-refractivity contribution in [2.75, 3.05) is 77.7 Å². The van der Waals surface area contributed by atoms with Gasteiger partial charge in [0.1, 0.15) is 12.6 Å². The number of hydrogen-bond donors (Lipinski definition) is 3. The summed E-state index contributed by atoms with van der Waals surface area (Å²) in [6, 6.07) is 4.36. The molecule has 0 saturated carbocycles. The average molecular weight is 518 g/mol. The molecule has 0 spiro atoms. The molecule has 4 amide bonds. The van der Waals surface area contributed by atoms with Gasteiger partial charge < -0.3 is 29.7 Å². The molecule has 2 fully saturated rings. The third-order valence-electron chi connectivity index (χ3n) is 6.59. The van der Waals surface area contributed by atoms with Crippen LogP contribution in [-0.4, -0.2) is 112 Å². The highest BCUT2D eigenvalue weighted by Crippen LogP contribution is 2.32. The van der Waals surface area contributed by atoms with E-state index in [0.717, 1.165) is 32.7 Å². The number of piperazine rings is 1. The molecule has 0 bridgehead atoms. The molecule has 3 aliphatic heterocycles. The van der Waals surface area contributed by atoms with Crippen LogP contribution in [0.25, 0.3) is 0 Å². The van der Waals surface area contributed by atoms with Crippen molar-refractivity contribution < 1.29 is 33.4 Å². The number of carbonyl (C=O) groups excluding carboxylic acids is 4. The van der Waals surface area contributed by atoms with Crippen molar-refractivity contribution in [3.8, 4) is 0 Å². The molecule has 3 N–H and O–H groups in total. The first-order valence-corrected chi connectivity index (χ1v) is 12.8. The van der Waals surface area contributed by atoms with E-state index < -0.39 is 11.9 Å². The number of anilines is 1. The number of rotatable bonds is 13. The number of nitrogens with one attached hydrogen (secondary N) is 3. The minimum atomic E-state index is -0.706. The monoisotopic (exact) mass is 517 g/mol. The van der Waals surface area contributed by atoms with Crippen molar-refractivity contribution in [2.45, 2.75) is 25.4 Å². The Hall–Kier alpha value is -2.90. The molecular formula is C25H35N5O7. The minimum Gasteiger partial charge on any atom is -0.378 e. The maximum absolute atomic E-state index is 12.9. The summed E-state index contributed by atoms with van der Waals surface area (Å²) in [6.07, 6.45) is 0.468. The molecule has 0 radical (unpaired) electrons. The van der Waals surface area contributed by atoms with E-state index in [1.54, 1.807) is 18.2 Å². The maximum atomic E-state index is 12.9. The van der Waals surface area contributed by atoms with Gasteiger partial charge in [0.25, 0.3) is 5.91 Å². The van der Waals surface area contributed by atoms with Gasteiger partial charge in [-0.05, 0) is 18.6 Å². The molecule has 202 valence electrons. The van der Waals surface area contributed by atoms with Gasteiger partial charge in [-0.25, -0.2) is 0 Å². The van der Waals surface area contributed by atoms with Gasteiger partial charge in [0.15, 0.2) is 0 Å². The lowest BCUT2D eigenvalue weighted by molar-refractivity contribution is -0.137. The molecule has 1 unspecified atom stereocenters. The second kappa shape index (κ2) is 13.6. The number of piperidine rings is 1. The van der Waals surface area contributed by atoms with Crippen LogP contribution < -0.4 is 16.0 Å². The van der Waals surface area contributed by atoms with Gasteiger partial charge in [-0.2, -0.15) is 0 Å². The lowest BCUT2D eigenvalue weighted by atomic mass is 10.0. The summed E-state index contributed by atoms with van der Waals surface area (Å²) in [5.41, 5.74) is 1.58. The molecule has 37 heavy (non-hydrogen) atoms. The highest BCUT2D eigenvalue weighted by molar-refractivity contribution is 6.06. The number of benzene rings is 1. The third-order valence-corrected chi connectivity index (χ3v) is 6.59. The zero-order chi connectivity index (χ0) is 26.0. The number of imide groups is 1. The van der Waals surface area contributed by atoms with Gasteiger partial charge in [-0.15, -0.1) is 0 Å². The lowest BCUT2D eigenvalue weighted by Gasteiger charge is -2.29. The van der Waals surface area contributed by atoms with Crippen LogP contribution >= 0.6 is 0 Å². The van der Waals surface area contributed by atoms with Crippen LogP contribution in [-0.2, 0) is 35.1 Å². The molecule has 12 heteroatoms. The van der Waals surface area contributed by atoms with E-state index in [1.807, 2.05) is 0 Å². The molecule has 0 aromatic heterocycles. The maximum Gasteiger partial charge on any atom is 0.255 e. The summed E-state index contributed by atoms with van der Waals surface area (Å²) in [5.74, 6) is -1.45. The normalized spacial score (nSPS) is 20.2. The van der Waals surface area contributed by atoms with Gasteiger partial charge in [0.05, 0.1) is 33.0 Å². The SMILES string of the molecule is O=C1CCC(N2Cc3c(NC(=O)COCCOCCOCCN4CCNCC4)cccc3C2=O)C(=O)N1. The average Bonchev–Trinajstić information content (AvgIpc) is 3.23. The molecular weight excluding hydrogens is 482 g/mol. The van der Waals surface area contributed by atoms with E-state index >= 15 is 0 Å². The molecule has 1 atom stereocenters. The molecule has 2 saturated heterocycles. The first-order valence-electron chi connectivity index (χ1n) is 12.8. The molecule has 1 aromatic rings. The summed E-state index contributed by atoms with van der Waals surface area (Å²) in [6.45, 7) is 7.39. The number of nitrogens with zero attached hydrogens (tertiary/aromatic N) is 2. The summed E-state index contributed by atoms with van der Waals surface area (Å²) in [5, 5.41) is 8.40. The summed E-state index contributed by atoms with van der Waals surface area (Å²) in [7, 11) is 0. The van der Waals surface area contributed by atoms with Crippen LogP contribution in [0, 0.1) is 0 Å². The number of fused-ring (bicyclic) bond motifs is 1. The molecule has 0 aliphatic carbocycles. The highest BCUT2D eigenvalue weighted by atomic mass is 16.5. The topological polar surface area (TPSA) is 139 Å². The standard InChI is InChI=1S/C25H35N5O7/c31-22-5-4-21(24(33)28-22)30-16-19-18(25(30)34)2-1-3-20(19)27-23(32)17-37-15-14-36-13-12-35-11-10-29-8-6-26-7-9-29/h1-3,21,26H,4-17H2,(H,27,32)(H,28,31,33). The van der Waals surface area contributed by atoms with Crippen LogP contribution in [0.3, 0.4) is 0 Å². The predicted octanol–water partition coefficient (Wildman–Crippen LogP) is -0.659. The Morgan fingerprint density at radius 1 is 1.00 bits per heavy atom. The van der Waals surface area contributed by atoms with Crippen molar-refractivity contribution >= 4 is 29.3 Å². The van der Waals surface area contributed by atoms with E-state index in [9.17, 15) is 19.2 Å². The van der Waals surface area contributed by atoms with E-state index in [1.165, 1.54) is 4.90 Å². The van der Waals surface area contributed by atoms with Gasteiger partial charge in [0.2, 0.25) is 17.7 Å². The summed E-state index contributed by atoms with van der Waals surface area (Å²) < 4.78 is 16.5. The van der Waals surface area contributed by atoms with Gasteiger partial charge >= 0.3 is 0 Å². The van der Waals surface area contributed by atoms with Gasteiger partial charge in [-0.1, -0.05) is 6.07 Å². The lowest BCUT2D eigenvalue weighted by Crippen LogP contribution is -2.52. The van der Waals surface area contributed by atoms with Crippen molar-refractivity contribution in [1.29, 1.82) is 0 Å². The molecule has 12 nitrogen and oxygen atoms in total. The van der Waals surface area contributed by atoms with Crippen LogP contribution in [0.4, 0.5) is 5.69 Å². The van der Waals surface area contributed by atoms with Crippen LogP contribution in [0.1, 0.15) is 28.8 Å². The Kier molecular flexibility index (Phi) is 9.97. The van der Waals surface area contributed by atoms with Crippen molar-refractivity contribution in [2.24, 2.45) is 0 Å². The van der Waals surface area contributed by atoms with Crippen molar-refractivity contribution in [3.63, 3.8) is 0 Å². The molecule has 3 heterocycles. The number of amides is 4. The quantitative estimate of drug-likeness (QED) is 0.230. The zero-order valence-corrected chi connectivity index (χ0v) is 21.0. The van der Waals surface area contributed by atoms with Gasteiger partial charge in [0, 0.05) is 62.5 Å². The zero-order valence-electron chi connectivity index (χ0n) is 21.0. The van der Waals surface area contributed by atoms with E-state index in [2.05, 4.69) is 20.9 Å². The first-order chi connectivity index (χ1) is 18.0. The second-order valence-corrected chi connectivity index (χ2v) is 9.15. The van der Waals surface area contributed by atoms with E-state index in [-0.39, 0.29) is 50.3 Å². The Labute approximate surface area is 216 Å². The molecule has 3 aliphatic rings. The van der Waals surface area contributed by atoms with Crippen LogP contribution in [0.5, 0.6) is 0 Å². The Morgan fingerprint density at radius 3 is 2.49 bits per heavy atom. The second-order valence-electron chi connectivity index (χ2n) is 9.15. The smallest absolute Gasteiger partial charge is 0.255 e. The Morgan fingerprint density at radius 2 is 1.73 bits per heavy atom. The molecule has 1 aromatic carbocycles. The Balaban J connectivity index is 1.11.